The molecule has 0 aliphatic carbocycles. The highest BCUT2D eigenvalue weighted by Crippen LogP contribution is 2.40. The number of hydrogen-bond acceptors (Lipinski definition) is 2. The molecule has 21 heavy (non-hydrogen) atoms. The lowest BCUT2D eigenvalue weighted by Crippen LogP contribution is -2.43. The first kappa shape index (κ1) is 17.5. The molecule has 0 aromatic carbocycles. The maximum Gasteiger partial charge on any atom is 0.336 e. The summed E-state index contributed by atoms with van der Waals surface area (Å²) in [5.74, 6) is 3.48. The number of rotatable bonds is 4. The van der Waals surface area contributed by atoms with Crippen LogP contribution in [0.2, 0.25) is 16.6 Å². The zero-order valence-corrected chi connectivity index (χ0v) is 14.9. The topological polar surface area (TPSA) is 26.3 Å². The molecule has 1 rings (SSSR count). The third-order valence-electron chi connectivity index (χ3n) is 4.20. The summed E-state index contributed by atoms with van der Waals surface area (Å²) in [5.41, 5.74) is 5.52. The molecule has 0 radical (unpaired) electrons. The normalized spacial score (nSPS) is 17.2. The van der Waals surface area contributed by atoms with Gasteiger partial charge in [0.2, 0.25) is 0 Å². The van der Waals surface area contributed by atoms with Crippen LogP contribution in [-0.4, -0.2) is 14.0 Å². The summed E-state index contributed by atoms with van der Waals surface area (Å²) in [6.45, 7) is 13.8. The Bertz CT molecular complexity index is 503. The van der Waals surface area contributed by atoms with Crippen LogP contribution in [0.5, 0.6) is 0 Å². The lowest BCUT2D eigenvalue weighted by atomic mass is 10.4. The molecule has 0 aromatic rings. The van der Waals surface area contributed by atoms with E-state index < -0.39 is 8.07 Å². The summed E-state index contributed by atoms with van der Waals surface area (Å²) in [7, 11) is -1.65. The van der Waals surface area contributed by atoms with Gasteiger partial charge < -0.3 is 4.74 Å². The Kier molecular flexibility index (Phi) is 6.23. The summed E-state index contributed by atoms with van der Waals surface area (Å²) in [5, 5.41) is 0. The van der Waals surface area contributed by atoms with Crippen molar-refractivity contribution in [2.75, 3.05) is 0 Å². The number of cyclic esters (lactones) is 1. The average Bonchev–Trinajstić information content (AvgIpc) is 2.78. The molecule has 0 atom stereocenters. The SMILES string of the molecule is CC(C)[Si](C#C/C=C/C=C1/C=CC(=O)O1)(C(C)C)C(C)C. The smallest absolute Gasteiger partial charge is 0.336 e. The van der Waals surface area contributed by atoms with Crippen LogP contribution in [0.3, 0.4) is 0 Å². The number of ether oxygens (including phenoxy) is 1. The fourth-order valence-corrected chi connectivity index (χ4v) is 8.41. The highest BCUT2D eigenvalue weighted by molar-refractivity contribution is 6.90. The first-order valence-electron chi connectivity index (χ1n) is 7.60. The number of hydrogen-bond donors (Lipinski definition) is 0. The van der Waals surface area contributed by atoms with Gasteiger partial charge in [-0.15, -0.1) is 5.54 Å². The summed E-state index contributed by atoms with van der Waals surface area (Å²) in [6, 6.07) is 0. The molecule has 0 saturated heterocycles. The van der Waals surface area contributed by atoms with Gasteiger partial charge in [0.25, 0.3) is 0 Å². The molecule has 0 amide bonds. The Morgan fingerprint density at radius 1 is 1.05 bits per heavy atom. The zero-order chi connectivity index (χ0) is 16.0. The van der Waals surface area contributed by atoms with Crippen LogP contribution >= 0.6 is 0 Å². The standard InChI is InChI=1S/C18H26O2Si/c1-14(2)21(15(3)4,16(5)6)13-9-7-8-10-17-11-12-18(19)20-17/h7-8,10-12,14-16H,1-6H3/b8-7+,17-10-. The molecule has 3 heteroatoms. The van der Waals surface area contributed by atoms with E-state index in [1.54, 1.807) is 12.2 Å². The third-order valence-corrected chi connectivity index (χ3v) is 10.5. The summed E-state index contributed by atoms with van der Waals surface area (Å²) < 4.78 is 4.94. The van der Waals surface area contributed by atoms with Gasteiger partial charge in [-0.2, -0.15) is 0 Å². The monoisotopic (exact) mass is 302 g/mol. The molecule has 2 nitrogen and oxygen atoms in total. The molecule has 0 spiro atoms. The molecule has 1 aliphatic heterocycles. The van der Waals surface area contributed by atoms with Crippen LogP contribution in [0.1, 0.15) is 41.5 Å². The van der Waals surface area contributed by atoms with E-state index in [2.05, 4.69) is 53.0 Å². The molecular weight excluding hydrogens is 276 g/mol. The van der Waals surface area contributed by atoms with Crippen molar-refractivity contribution in [1.29, 1.82) is 0 Å². The summed E-state index contributed by atoms with van der Waals surface area (Å²) >= 11 is 0. The van der Waals surface area contributed by atoms with Crippen LogP contribution in [0.25, 0.3) is 0 Å². The van der Waals surface area contributed by atoms with Gasteiger partial charge in [-0.05, 0) is 34.9 Å². The molecule has 0 unspecified atom stereocenters. The predicted octanol–water partition coefficient (Wildman–Crippen LogP) is 4.76. The Labute approximate surface area is 130 Å². The predicted molar refractivity (Wildman–Crippen MR) is 91.3 cm³/mol. The minimum Gasteiger partial charge on any atom is -0.423 e. The zero-order valence-electron chi connectivity index (χ0n) is 13.9. The quantitative estimate of drug-likeness (QED) is 0.425. The first-order valence-corrected chi connectivity index (χ1v) is 9.83. The van der Waals surface area contributed by atoms with E-state index in [9.17, 15) is 4.79 Å². The third kappa shape index (κ3) is 4.22. The Hall–Kier alpha value is -1.53. The number of carbonyl (C=O) groups excluding carboxylic acids is 1. The molecular formula is C18H26O2Si. The number of carbonyl (C=O) groups is 1. The largest absolute Gasteiger partial charge is 0.423 e. The van der Waals surface area contributed by atoms with Crippen molar-refractivity contribution in [1.82, 2.24) is 0 Å². The van der Waals surface area contributed by atoms with Gasteiger partial charge in [0.1, 0.15) is 13.8 Å². The van der Waals surface area contributed by atoms with Gasteiger partial charge >= 0.3 is 5.97 Å². The van der Waals surface area contributed by atoms with Crippen molar-refractivity contribution < 1.29 is 9.53 Å². The lowest BCUT2D eigenvalue weighted by molar-refractivity contribution is -0.132. The van der Waals surface area contributed by atoms with Gasteiger partial charge in [0.05, 0.1) is 0 Å². The minimum absolute atomic E-state index is 0.313. The van der Waals surface area contributed by atoms with Crippen molar-refractivity contribution in [3.8, 4) is 11.5 Å². The summed E-state index contributed by atoms with van der Waals surface area (Å²) in [4.78, 5) is 10.9. The van der Waals surface area contributed by atoms with Crippen LogP contribution in [0, 0.1) is 11.5 Å². The number of allylic oxidation sites excluding steroid dienone is 4. The highest BCUT2D eigenvalue weighted by atomic mass is 28.3. The maximum atomic E-state index is 10.9. The van der Waals surface area contributed by atoms with Gasteiger partial charge in [-0.25, -0.2) is 4.79 Å². The van der Waals surface area contributed by atoms with Crippen LogP contribution in [-0.2, 0) is 9.53 Å². The second-order valence-electron chi connectivity index (χ2n) is 6.35. The van der Waals surface area contributed by atoms with Gasteiger partial charge in [-0.1, -0.05) is 53.5 Å². The van der Waals surface area contributed by atoms with E-state index in [-0.39, 0.29) is 5.97 Å². The van der Waals surface area contributed by atoms with Crippen LogP contribution in [0.4, 0.5) is 0 Å². The molecule has 114 valence electrons. The molecule has 1 aliphatic rings. The van der Waals surface area contributed by atoms with Gasteiger partial charge in [0.15, 0.2) is 0 Å². The molecule has 0 bridgehead atoms. The van der Waals surface area contributed by atoms with Gasteiger partial charge in [-0.3, -0.25) is 0 Å². The fraction of sp³-hybridized carbons (Fsp3) is 0.500. The molecule has 0 fully saturated rings. The minimum atomic E-state index is -1.65. The molecule has 0 saturated carbocycles. The Morgan fingerprint density at radius 3 is 2.05 bits per heavy atom. The lowest BCUT2D eigenvalue weighted by Gasteiger charge is -2.37. The van der Waals surface area contributed by atoms with E-state index in [4.69, 9.17) is 4.74 Å². The Morgan fingerprint density at radius 2 is 1.62 bits per heavy atom. The van der Waals surface area contributed by atoms with E-state index >= 15 is 0 Å². The van der Waals surface area contributed by atoms with Crippen molar-refractivity contribution >= 4 is 14.0 Å². The van der Waals surface area contributed by atoms with Crippen LogP contribution < -0.4 is 0 Å². The van der Waals surface area contributed by atoms with Crippen molar-refractivity contribution in [2.45, 2.75) is 58.2 Å². The highest BCUT2D eigenvalue weighted by Gasteiger charge is 2.41. The van der Waals surface area contributed by atoms with E-state index in [1.807, 2.05) is 12.2 Å². The average molecular weight is 302 g/mol. The summed E-state index contributed by atoms with van der Waals surface area (Å²) in [6.07, 6.45) is 8.53. The van der Waals surface area contributed by atoms with E-state index in [0.717, 1.165) is 0 Å². The van der Waals surface area contributed by atoms with E-state index in [1.165, 1.54) is 6.08 Å². The van der Waals surface area contributed by atoms with Crippen molar-refractivity contribution in [3.63, 3.8) is 0 Å². The maximum absolute atomic E-state index is 10.9. The van der Waals surface area contributed by atoms with Crippen molar-refractivity contribution in [2.24, 2.45) is 0 Å². The van der Waals surface area contributed by atoms with Crippen molar-refractivity contribution in [3.05, 3.63) is 36.1 Å². The second-order valence-corrected chi connectivity index (χ2v) is 11.9. The van der Waals surface area contributed by atoms with E-state index in [0.29, 0.717) is 22.4 Å². The van der Waals surface area contributed by atoms with Crippen LogP contribution in [0.15, 0.2) is 36.1 Å². The molecule has 0 aromatic heterocycles. The van der Waals surface area contributed by atoms with Gasteiger partial charge in [0, 0.05) is 6.08 Å². The fourth-order valence-electron chi connectivity index (χ4n) is 3.21. The first-order chi connectivity index (χ1) is 9.80. The molecule has 1 heterocycles. The number of esters is 1. The second kappa shape index (κ2) is 7.47. The Balaban J connectivity index is 2.87. The molecule has 0 N–H and O–H groups in total.